The lowest BCUT2D eigenvalue weighted by molar-refractivity contribution is 0.0946. The van der Waals surface area contributed by atoms with Crippen molar-refractivity contribution in [3.05, 3.63) is 35.4 Å². The van der Waals surface area contributed by atoms with Gasteiger partial charge in [0.25, 0.3) is 5.91 Å². The van der Waals surface area contributed by atoms with Crippen LogP contribution in [0.1, 0.15) is 35.2 Å². The summed E-state index contributed by atoms with van der Waals surface area (Å²) in [6.07, 6.45) is 3.91. The summed E-state index contributed by atoms with van der Waals surface area (Å²) in [5.41, 5.74) is 1.67. The summed E-state index contributed by atoms with van der Waals surface area (Å²) in [5.74, 6) is 0.429. The predicted molar refractivity (Wildman–Crippen MR) is 78.6 cm³/mol. The van der Waals surface area contributed by atoms with Crippen molar-refractivity contribution in [1.82, 2.24) is 10.2 Å². The first-order chi connectivity index (χ1) is 9.29. The number of amides is 1. The number of nitrogens with one attached hydrogen (secondary N) is 1. The van der Waals surface area contributed by atoms with Crippen molar-refractivity contribution in [2.75, 3.05) is 26.2 Å². The van der Waals surface area contributed by atoms with Gasteiger partial charge in [-0.15, -0.1) is 11.6 Å². The zero-order valence-corrected chi connectivity index (χ0v) is 12.0. The predicted octanol–water partition coefficient (Wildman–Crippen LogP) is 2.64. The number of nitrogens with zero attached hydrogens (tertiary/aromatic N) is 1. The van der Waals surface area contributed by atoms with Crippen LogP contribution in [0.4, 0.5) is 0 Å². The molecule has 1 aromatic carbocycles. The molecule has 19 heavy (non-hydrogen) atoms. The molecule has 1 amide bonds. The van der Waals surface area contributed by atoms with Crippen molar-refractivity contribution in [1.29, 1.82) is 0 Å². The Bertz CT molecular complexity index is 416. The minimum absolute atomic E-state index is 0.0102. The molecule has 1 saturated heterocycles. The molecule has 0 aliphatic carbocycles. The summed E-state index contributed by atoms with van der Waals surface area (Å²) in [5, 5.41) is 2.97. The van der Waals surface area contributed by atoms with Gasteiger partial charge in [0.15, 0.2) is 0 Å². The monoisotopic (exact) mass is 280 g/mol. The van der Waals surface area contributed by atoms with Gasteiger partial charge in [-0.3, -0.25) is 4.79 Å². The first-order valence-electron chi connectivity index (χ1n) is 6.95. The number of carbonyl (C=O) groups excluding carboxylic acids is 1. The largest absolute Gasteiger partial charge is 0.351 e. The lowest BCUT2D eigenvalue weighted by Crippen LogP contribution is -2.37. The van der Waals surface area contributed by atoms with Crippen molar-refractivity contribution >= 4 is 17.5 Å². The Morgan fingerprint density at radius 1 is 1.26 bits per heavy atom. The summed E-state index contributed by atoms with van der Waals surface area (Å²) in [4.78, 5) is 14.4. The number of halogens is 1. The molecule has 0 unspecified atom stereocenters. The molecule has 1 aliphatic heterocycles. The molecule has 1 N–H and O–H groups in total. The highest BCUT2D eigenvalue weighted by atomic mass is 35.5. The fourth-order valence-electron chi connectivity index (χ4n) is 2.41. The quantitative estimate of drug-likeness (QED) is 0.841. The van der Waals surface area contributed by atoms with E-state index in [0.717, 1.165) is 25.2 Å². The fourth-order valence-corrected chi connectivity index (χ4v) is 2.57. The van der Waals surface area contributed by atoms with Gasteiger partial charge in [0.2, 0.25) is 0 Å². The van der Waals surface area contributed by atoms with Crippen LogP contribution >= 0.6 is 11.6 Å². The first kappa shape index (κ1) is 14.4. The molecule has 0 atom stereocenters. The third-order valence-corrected chi connectivity index (χ3v) is 3.81. The van der Waals surface area contributed by atoms with Crippen LogP contribution in [-0.4, -0.2) is 37.0 Å². The SMILES string of the molecule is O=C(NCCN1CCCCC1)c1cccc(CCl)c1. The number of rotatable bonds is 5. The first-order valence-corrected chi connectivity index (χ1v) is 7.48. The van der Waals surface area contributed by atoms with Crippen molar-refractivity contribution < 1.29 is 4.79 Å². The topological polar surface area (TPSA) is 32.3 Å². The number of hydrogen-bond donors (Lipinski definition) is 1. The van der Waals surface area contributed by atoms with Crippen molar-refractivity contribution in [2.45, 2.75) is 25.1 Å². The number of benzene rings is 1. The Morgan fingerprint density at radius 2 is 2.05 bits per heavy atom. The Kier molecular flexibility index (Phi) is 5.67. The lowest BCUT2D eigenvalue weighted by atomic mass is 10.1. The highest BCUT2D eigenvalue weighted by Crippen LogP contribution is 2.09. The number of likely N-dealkylation sites (tertiary alicyclic amines) is 1. The van der Waals surface area contributed by atoms with E-state index < -0.39 is 0 Å². The molecule has 104 valence electrons. The second-order valence-corrected chi connectivity index (χ2v) is 5.26. The van der Waals surface area contributed by atoms with Crippen LogP contribution in [0.25, 0.3) is 0 Å². The second-order valence-electron chi connectivity index (χ2n) is 4.99. The van der Waals surface area contributed by atoms with Crippen LogP contribution in [0.15, 0.2) is 24.3 Å². The molecule has 1 fully saturated rings. The van der Waals surface area contributed by atoms with Crippen molar-refractivity contribution in [3.63, 3.8) is 0 Å². The highest BCUT2D eigenvalue weighted by molar-refractivity contribution is 6.17. The van der Waals surface area contributed by atoms with Crippen LogP contribution in [-0.2, 0) is 5.88 Å². The Labute approximate surface area is 119 Å². The highest BCUT2D eigenvalue weighted by Gasteiger charge is 2.10. The van der Waals surface area contributed by atoms with Gasteiger partial charge in [0, 0.05) is 24.5 Å². The van der Waals surface area contributed by atoms with Crippen LogP contribution in [0, 0.1) is 0 Å². The summed E-state index contributed by atoms with van der Waals surface area (Å²) in [7, 11) is 0. The Morgan fingerprint density at radius 3 is 2.79 bits per heavy atom. The molecule has 2 rings (SSSR count). The smallest absolute Gasteiger partial charge is 0.251 e. The van der Waals surface area contributed by atoms with Gasteiger partial charge in [0.05, 0.1) is 0 Å². The third kappa shape index (κ3) is 4.51. The fraction of sp³-hybridized carbons (Fsp3) is 0.533. The molecular formula is C15H21ClN2O. The standard InChI is InChI=1S/C15H21ClN2O/c16-12-13-5-4-6-14(11-13)15(19)17-7-10-18-8-2-1-3-9-18/h4-6,11H,1-3,7-10,12H2,(H,17,19). The lowest BCUT2D eigenvalue weighted by Gasteiger charge is -2.26. The van der Waals surface area contributed by atoms with Crippen molar-refractivity contribution in [2.24, 2.45) is 0 Å². The average molecular weight is 281 g/mol. The van der Waals surface area contributed by atoms with E-state index >= 15 is 0 Å². The molecule has 1 aliphatic rings. The van der Waals surface area contributed by atoms with Crippen LogP contribution in [0.3, 0.4) is 0 Å². The minimum atomic E-state index is -0.0102. The van der Waals surface area contributed by atoms with Gasteiger partial charge in [-0.05, 0) is 43.6 Å². The number of piperidine rings is 1. The molecule has 0 saturated carbocycles. The maximum absolute atomic E-state index is 12.0. The van der Waals surface area contributed by atoms with Crippen LogP contribution in [0.2, 0.25) is 0 Å². The minimum Gasteiger partial charge on any atom is -0.351 e. The van der Waals surface area contributed by atoms with Crippen LogP contribution < -0.4 is 5.32 Å². The third-order valence-electron chi connectivity index (χ3n) is 3.51. The van der Waals surface area contributed by atoms with Gasteiger partial charge in [-0.2, -0.15) is 0 Å². The number of hydrogen-bond acceptors (Lipinski definition) is 2. The zero-order valence-electron chi connectivity index (χ0n) is 11.2. The van der Waals surface area contributed by atoms with Crippen LogP contribution in [0.5, 0.6) is 0 Å². The van der Waals surface area contributed by atoms with E-state index in [1.165, 1.54) is 19.3 Å². The molecule has 0 aromatic heterocycles. The van der Waals surface area contributed by atoms with Gasteiger partial charge in [-0.1, -0.05) is 18.6 Å². The molecule has 0 spiro atoms. The van der Waals surface area contributed by atoms with Gasteiger partial charge in [0.1, 0.15) is 0 Å². The maximum atomic E-state index is 12.0. The van der Waals surface area contributed by atoms with E-state index in [-0.39, 0.29) is 5.91 Å². The van der Waals surface area contributed by atoms with E-state index in [9.17, 15) is 4.79 Å². The normalized spacial score (nSPS) is 16.3. The Balaban J connectivity index is 1.77. The molecular weight excluding hydrogens is 260 g/mol. The van der Waals surface area contributed by atoms with E-state index in [1.54, 1.807) is 0 Å². The second kappa shape index (κ2) is 7.51. The number of alkyl halides is 1. The van der Waals surface area contributed by atoms with E-state index in [1.807, 2.05) is 24.3 Å². The van der Waals surface area contributed by atoms with E-state index in [4.69, 9.17) is 11.6 Å². The molecule has 0 radical (unpaired) electrons. The van der Waals surface area contributed by atoms with Gasteiger partial charge < -0.3 is 10.2 Å². The Hall–Kier alpha value is -1.06. The van der Waals surface area contributed by atoms with Crippen molar-refractivity contribution in [3.8, 4) is 0 Å². The molecule has 4 heteroatoms. The summed E-state index contributed by atoms with van der Waals surface area (Å²) >= 11 is 5.77. The number of carbonyl (C=O) groups is 1. The van der Waals surface area contributed by atoms with E-state index in [0.29, 0.717) is 18.0 Å². The maximum Gasteiger partial charge on any atom is 0.251 e. The summed E-state index contributed by atoms with van der Waals surface area (Å²) in [6.45, 7) is 3.99. The molecule has 1 aromatic rings. The molecule has 3 nitrogen and oxygen atoms in total. The van der Waals surface area contributed by atoms with E-state index in [2.05, 4.69) is 10.2 Å². The van der Waals surface area contributed by atoms with Gasteiger partial charge in [-0.25, -0.2) is 0 Å². The average Bonchev–Trinajstić information content (AvgIpc) is 2.48. The molecule has 0 bridgehead atoms. The zero-order chi connectivity index (χ0) is 13.5. The molecule has 1 heterocycles. The summed E-state index contributed by atoms with van der Waals surface area (Å²) in [6, 6.07) is 7.48. The summed E-state index contributed by atoms with van der Waals surface area (Å²) < 4.78 is 0. The van der Waals surface area contributed by atoms with Gasteiger partial charge >= 0.3 is 0 Å².